The zero-order valence-electron chi connectivity index (χ0n) is 89.1. The molecule has 28 nitrogen and oxygen atoms in total. The lowest BCUT2D eigenvalue weighted by molar-refractivity contribution is -0.156. The maximum Gasteiger partial charge on any atom is 0.309 e. The van der Waals surface area contributed by atoms with Gasteiger partial charge in [0.25, 0.3) is 0 Å². The van der Waals surface area contributed by atoms with Crippen LogP contribution in [0.3, 0.4) is 0 Å². The van der Waals surface area contributed by atoms with Gasteiger partial charge in [-0.05, 0) is 203 Å². The van der Waals surface area contributed by atoms with Crippen molar-refractivity contribution in [2.75, 3.05) is 0 Å². The third-order valence-electron chi connectivity index (χ3n) is 32.0. The first kappa shape index (κ1) is 119. The van der Waals surface area contributed by atoms with E-state index in [-0.39, 0.29) is 119 Å². The lowest BCUT2D eigenvalue weighted by Crippen LogP contribution is -2.45. The van der Waals surface area contributed by atoms with Crippen molar-refractivity contribution in [2.24, 2.45) is 69.0 Å². The quantitative estimate of drug-likeness (QED) is 0.0415. The predicted octanol–water partition coefficient (Wildman–Crippen LogP) is 18.5. The summed E-state index contributed by atoms with van der Waals surface area (Å²) in [6.07, 6.45) is 10.4. The molecule has 12 heterocycles. The summed E-state index contributed by atoms with van der Waals surface area (Å²) < 4.78 is 47.7. The van der Waals surface area contributed by atoms with Gasteiger partial charge in [0.2, 0.25) is 0 Å². The van der Waals surface area contributed by atoms with Gasteiger partial charge in [0.1, 0.15) is 52.6 Å². The molecule has 0 saturated carbocycles. The standard InChI is InChI=1S/C28H43NO6S.C28H41NO6S.2C27H41NO6S/c2*1-8-23-29-19(15-36-23)12-17(3)20-13-22-28(7,35-22)11-9-10-16(2)25(32)18(4)26(33)27(5,6)21(30)14-24(31)34-20;2*1-15-9-8-10-27(7)22(34-27)12-20(16(2)11-19-14-35-18(4)28-19)33-23(30)13-21(29)26(5,6)25(32)17(3)24(15)31/h12,15-16,18,20-22,25,30,32H,8-11,13-14H2,1-7H3;8,12,15-16,18,20-22,25,30,32H,1,9-11,13-14H2,2-7H3;2*11,14-15,17,20-22,24,29,31H,8-10,12-13H2,1-7H3/b2*17-12+;2*16-11+/t2*16-,18+,20-,21-,22-,25-,28+;2*15-,17+,20-,21-,22-,24-,27+/m0000/s1. The smallest absolute Gasteiger partial charge is 0.309 e. The third-order valence-corrected chi connectivity index (χ3v) is 35.5. The number of esters is 4. The van der Waals surface area contributed by atoms with Gasteiger partial charge in [-0.1, -0.05) is 150 Å². The Kier molecular flexibility index (Phi) is 41.5. The number of aryl methyl sites for hydroxylation is 3. The van der Waals surface area contributed by atoms with E-state index in [1.54, 1.807) is 123 Å². The molecule has 0 aliphatic carbocycles. The summed E-state index contributed by atoms with van der Waals surface area (Å²) in [6.45, 7) is 53.3. The molecule has 0 amide bonds. The van der Waals surface area contributed by atoms with Crippen molar-refractivity contribution in [3.8, 4) is 0 Å². The Morgan fingerprint density at radius 2 is 0.585 bits per heavy atom. The molecule has 0 unspecified atom stereocenters. The van der Waals surface area contributed by atoms with Crippen molar-refractivity contribution in [1.29, 1.82) is 0 Å². The van der Waals surface area contributed by atoms with Crippen molar-refractivity contribution in [3.05, 3.63) is 93.2 Å². The summed E-state index contributed by atoms with van der Waals surface area (Å²) >= 11 is 6.20. The lowest BCUT2D eigenvalue weighted by Gasteiger charge is -2.34. The molecule has 142 heavy (non-hydrogen) atoms. The summed E-state index contributed by atoms with van der Waals surface area (Å²) in [6, 6.07) is 0. The van der Waals surface area contributed by atoms with Crippen molar-refractivity contribution >= 4 is 123 Å². The second-order valence-electron chi connectivity index (χ2n) is 45.3. The highest BCUT2D eigenvalue weighted by atomic mass is 32.1. The van der Waals surface area contributed by atoms with E-state index < -0.39 is 142 Å². The van der Waals surface area contributed by atoms with E-state index in [1.165, 1.54) is 11.3 Å². The van der Waals surface area contributed by atoms with E-state index in [1.807, 2.05) is 115 Å². The first-order chi connectivity index (χ1) is 66.0. The minimum Gasteiger partial charge on any atom is -0.458 e. The summed E-state index contributed by atoms with van der Waals surface area (Å²) in [5.41, 5.74) is 0.634. The Labute approximate surface area is 858 Å². The van der Waals surface area contributed by atoms with E-state index >= 15 is 0 Å². The normalized spacial score (nSPS) is 37.1. The second-order valence-corrected chi connectivity index (χ2v) is 49.3. The number of hydrogen-bond donors (Lipinski definition) is 8. The molecule has 0 spiro atoms. The van der Waals surface area contributed by atoms with Crippen LogP contribution < -0.4 is 0 Å². The lowest BCUT2D eigenvalue weighted by atomic mass is 9.73. The topological polar surface area (TPSA) is 437 Å². The number of nitrogens with zero attached hydrogens (tertiary/aromatic N) is 4. The minimum absolute atomic E-state index is 0.0455. The average Bonchev–Trinajstić information content (AvgIpc) is 1.62. The monoisotopic (exact) mass is 2060 g/mol. The second kappa shape index (κ2) is 49.6. The van der Waals surface area contributed by atoms with Crippen molar-refractivity contribution in [1.82, 2.24) is 19.9 Å². The predicted molar refractivity (Wildman–Crippen MR) is 553 cm³/mol. The molecule has 8 aliphatic rings. The van der Waals surface area contributed by atoms with E-state index in [0.717, 1.165) is 149 Å². The zero-order valence-corrected chi connectivity index (χ0v) is 92.4. The number of aromatic nitrogens is 4. The number of Topliss-reactive ketones (excluding diaryl/α,β-unsaturated/α-hetero) is 4. The van der Waals surface area contributed by atoms with Gasteiger partial charge >= 0.3 is 23.9 Å². The Balaban J connectivity index is 0.000000211. The van der Waals surface area contributed by atoms with Gasteiger partial charge in [0.15, 0.2) is 0 Å². The fourth-order valence-electron chi connectivity index (χ4n) is 20.4. The molecule has 32 heteroatoms. The number of carbonyl (C=O) groups is 8. The summed E-state index contributed by atoms with van der Waals surface area (Å²) in [7, 11) is 0. The Morgan fingerprint density at radius 3 is 0.796 bits per heavy atom. The van der Waals surface area contributed by atoms with Crippen LogP contribution in [0.1, 0.15) is 344 Å². The van der Waals surface area contributed by atoms with Crippen LogP contribution in [0.25, 0.3) is 30.4 Å². The number of thiazole rings is 4. The van der Waals surface area contributed by atoms with Crippen LogP contribution in [0.15, 0.2) is 50.4 Å². The van der Waals surface area contributed by atoms with E-state index in [4.69, 9.17) is 37.9 Å². The van der Waals surface area contributed by atoms with Crippen LogP contribution in [0.4, 0.5) is 0 Å². The van der Waals surface area contributed by atoms with Crippen molar-refractivity contribution < 1.29 is 117 Å². The van der Waals surface area contributed by atoms with Crippen molar-refractivity contribution in [2.45, 2.75) is 442 Å². The third kappa shape index (κ3) is 31.2. The van der Waals surface area contributed by atoms with Gasteiger partial charge in [-0.3, -0.25) is 38.4 Å². The molecular formula is C110H166N4O24S4. The number of aliphatic hydroxyl groups is 8. The summed E-state index contributed by atoms with van der Waals surface area (Å²) in [4.78, 5) is 123. The Hall–Kier alpha value is -6.70. The van der Waals surface area contributed by atoms with Gasteiger partial charge < -0.3 is 78.7 Å². The van der Waals surface area contributed by atoms with Gasteiger partial charge in [0.05, 0.1) is 181 Å². The minimum atomic E-state index is -1.24. The van der Waals surface area contributed by atoms with Crippen LogP contribution in [0.2, 0.25) is 0 Å². The van der Waals surface area contributed by atoms with Crippen LogP contribution >= 0.6 is 45.3 Å². The molecule has 0 bridgehead atoms. The molecule has 0 aromatic carbocycles. The number of rotatable bonds is 10. The molecule has 0 radical (unpaired) electrons. The maximum absolute atomic E-state index is 13.2. The molecule has 4 aromatic rings. The van der Waals surface area contributed by atoms with Gasteiger partial charge in [0, 0.05) is 70.9 Å². The number of ether oxygens (including phenoxy) is 8. The Bertz CT molecular complexity index is 4960. The average molecular weight is 2060 g/mol. The SMILES string of the molecule is C/C(=C\c1csc(C)n1)[C@@H]1C[C@@H]2O[C@]2(C)CCC[C@H](C)[C@H](O)[C@@H](C)C(=O)C(C)(C)[C@@H](O)CC(=O)O1.C/C(=C\c1csc(C)n1)[C@@H]1C[C@@H]2O[C@]2(C)CCC[C@H](C)[C@H](O)[C@@H](C)C(=O)C(C)(C)[C@@H](O)CC(=O)O1.C=Cc1nc(/C=C(\C)[C@@H]2C[C@@H]3O[C@]3(C)CCC[C@H](C)[C@H](O)[C@@H](C)C(=O)C(C)(C)[C@@H](O)CC(=O)O2)cs1.CCc1nc(/C=C(\C)[C@@H]2C[C@@H]3O[C@]3(C)CCC[C@H](C)[C@H](O)[C@@H](C)C(=O)C(C)(C)[C@@H](O)CC(=O)O2)cs1. The van der Waals surface area contributed by atoms with Crippen LogP contribution in [-0.4, -0.2) is 228 Å². The number of ketones is 4. The first-order valence-electron chi connectivity index (χ1n) is 51.3. The largest absolute Gasteiger partial charge is 0.458 e. The molecule has 8 fully saturated rings. The molecule has 4 aromatic heterocycles. The molecule has 8 N–H and O–H groups in total. The fraction of sp³-hybridized carbons (Fsp3) is 0.727. The number of epoxide rings is 4. The number of carbonyl (C=O) groups excluding carboxylic acids is 8. The number of aliphatic hydroxyl groups excluding tert-OH is 8. The highest BCUT2D eigenvalue weighted by Gasteiger charge is 2.58. The van der Waals surface area contributed by atoms with Gasteiger partial charge in [-0.2, -0.15) is 0 Å². The number of hydrogen-bond acceptors (Lipinski definition) is 32. The summed E-state index contributed by atoms with van der Waals surface area (Å²) in [5.74, 6) is -6.22. The number of fused-ring (bicyclic) bond motifs is 4. The van der Waals surface area contributed by atoms with Crippen LogP contribution in [0.5, 0.6) is 0 Å². The zero-order chi connectivity index (χ0) is 106. The number of cyclic esters (lactones) is 4. The van der Waals surface area contributed by atoms with Crippen LogP contribution in [-0.2, 0) is 82.7 Å². The highest BCUT2D eigenvalue weighted by Crippen LogP contribution is 2.51. The van der Waals surface area contributed by atoms with Crippen molar-refractivity contribution in [3.63, 3.8) is 0 Å². The van der Waals surface area contributed by atoms with Crippen LogP contribution in [0, 0.1) is 82.9 Å². The Morgan fingerprint density at radius 1 is 0.359 bits per heavy atom. The molecule has 12 rings (SSSR count). The fourth-order valence-corrected chi connectivity index (χ4v) is 22.8. The molecule has 794 valence electrons. The summed E-state index contributed by atoms with van der Waals surface area (Å²) in [5, 5.41) is 98.4. The van der Waals surface area contributed by atoms with E-state index in [0.29, 0.717) is 25.7 Å². The molecule has 28 atom stereocenters. The van der Waals surface area contributed by atoms with E-state index in [9.17, 15) is 79.2 Å². The molecular weight excluding hydrogens is 1890 g/mol. The van der Waals surface area contributed by atoms with E-state index in [2.05, 4.69) is 61.1 Å². The van der Waals surface area contributed by atoms with Gasteiger partial charge in [-0.25, -0.2) is 19.9 Å². The highest BCUT2D eigenvalue weighted by molar-refractivity contribution is 7.11. The van der Waals surface area contributed by atoms with Gasteiger partial charge in [-0.15, -0.1) is 45.3 Å². The molecule has 8 aliphatic heterocycles. The molecule has 8 saturated heterocycles. The first-order valence-corrected chi connectivity index (χ1v) is 54.8. The maximum atomic E-state index is 13.2.